The van der Waals surface area contributed by atoms with Crippen LogP contribution >= 0.6 is 0 Å². The first-order chi connectivity index (χ1) is 9.36. The maximum absolute atomic E-state index is 9.19. The van der Waals surface area contributed by atoms with Gasteiger partial charge in [-0.15, -0.1) is 0 Å². The third-order valence-corrected chi connectivity index (χ3v) is 3.63. The zero-order valence-corrected chi connectivity index (χ0v) is 14.3. The van der Waals surface area contributed by atoms with Crippen molar-refractivity contribution in [2.75, 3.05) is 25.9 Å². The first-order valence-electron chi connectivity index (χ1n) is 8.01. The minimum atomic E-state index is -3.67. The Kier molecular flexibility index (Phi) is 11.4. The molecular weight excluding hydrogens is 274 g/mol. The largest absolute Gasteiger partial charge is 0.303 e. The van der Waals surface area contributed by atoms with Crippen molar-refractivity contribution in [1.82, 2.24) is 4.90 Å². The van der Waals surface area contributed by atoms with Gasteiger partial charge in [0.2, 0.25) is 0 Å². The molecule has 1 aliphatic heterocycles. The topological polar surface area (TPSA) is 57.6 Å². The van der Waals surface area contributed by atoms with Crippen LogP contribution in [0.25, 0.3) is 0 Å². The number of hydrogen-bond donors (Lipinski definition) is 1. The van der Waals surface area contributed by atoms with E-state index in [9.17, 15) is 8.42 Å². The van der Waals surface area contributed by atoms with Crippen LogP contribution in [0.2, 0.25) is 0 Å². The fourth-order valence-corrected chi connectivity index (χ4v) is 2.76. The Hall–Kier alpha value is -0.130. The molecule has 122 valence electrons. The Morgan fingerprint density at radius 1 is 1.15 bits per heavy atom. The number of piperidine rings is 1. The minimum absolute atomic E-state index is 0.715. The van der Waals surface area contributed by atoms with Gasteiger partial charge in [0.15, 0.2) is 0 Å². The van der Waals surface area contributed by atoms with E-state index in [0.29, 0.717) is 6.26 Å². The van der Waals surface area contributed by atoms with Gasteiger partial charge < -0.3 is 4.90 Å². The lowest BCUT2D eigenvalue weighted by atomic mass is 9.93. The highest BCUT2D eigenvalue weighted by molar-refractivity contribution is 7.85. The van der Waals surface area contributed by atoms with E-state index in [4.69, 9.17) is 4.55 Å². The van der Waals surface area contributed by atoms with Crippen LogP contribution in [-0.2, 0) is 10.1 Å². The molecule has 5 heteroatoms. The number of hydrogen-bond acceptors (Lipinski definition) is 3. The molecule has 1 fully saturated rings. The Labute approximate surface area is 125 Å². The highest BCUT2D eigenvalue weighted by Gasteiger charge is 2.18. The number of unbranched alkanes of at least 4 members (excludes halogenated alkanes) is 3. The highest BCUT2D eigenvalue weighted by Crippen LogP contribution is 2.21. The third kappa shape index (κ3) is 14.3. The molecule has 0 aromatic rings. The van der Waals surface area contributed by atoms with Gasteiger partial charge in [-0.25, -0.2) is 0 Å². The van der Waals surface area contributed by atoms with Gasteiger partial charge >= 0.3 is 0 Å². The van der Waals surface area contributed by atoms with Crippen molar-refractivity contribution in [3.05, 3.63) is 0 Å². The molecule has 1 unspecified atom stereocenters. The van der Waals surface area contributed by atoms with Crippen LogP contribution < -0.4 is 0 Å². The zero-order chi connectivity index (χ0) is 15.4. The predicted molar refractivity (Wildman–Crippen MR) is 85.7 cm³/mol. The molecule has 0 bridgehead atoms. The lowest BCUT2D eigenvalue weighted by Gasteiger charge is -2.32. The van der Waals surface area contributed by atoms with Crippen molar-refractivity contribution >= 4 is 10.1 Å². The van der Waals surface area contributed by atoms with Gasteiger partial charge in [-0.2, -0.15) is 8.42 Å². The van der Waals surface area contributed by atoms with Gasteiger partial charge in [0.25, 0.3) is 10.1 Å². The summed E-state index contributed by atoms with van der Waals surface area (Å²) in [6, 6.07) is 0. The van der Waals surface area contributed by atoms with Gasteiger partial charge in [-0.05, 0) is 44.7 Å². The molecular formula is C15H33NO3S. The van der Waals surface area contributed by atoms with Crippen LogP contribution in [-0.4, -0.2) is 43.8 Å². The minimum Gasteiger partial charge on any atom is -0.303 e. The van der Waals surface area contributed by atoms with E-state index < -0.39 is 10.1 Å². The summed E-state index contributed by atoms with van der Waals surface area (Å²) in [6.07, 6.45) is 12.1. The van der Waals surface area contributed by atoms with Gasteiger partial charge in [0, 0.05) is 6.54 Å². The molecule has 0 spiro atoms. The van der Waals surface area contributed by atoms with Crippen molar-refractivity contribution in [3.63, 3.8) is 0 Å². The zero-order valence-electron chi connectivity index (χ0n) is 13.5. The van der Waals surface area contributed by atoms with Crippen molar-refractivity contribution in [3.8, 4) is 0 Å². The molecule has 20 heavy (non-hydrogen) atoms. The quantitative estimate of drug-likeness (QED) is 0.577. The summed E-state index contributed by atoms with van der Waals surface area (Å²) < 4.78 is 25.9. The maximum Gasteiger partial charge on any atom is 0.261 e. The standard InChI is InChI=1S/C14H29N.CH4O3S/c1-3-5-6-7-11-15-12-8-10-14(13-15)9-4-2;1-5(2,3)4/h14H,3-13H2,1-2H3;1H3,(H,2,3,4). The van der Waals surface area contributed by atoms with Crippen LogP contribution in [0.15, 0.2) is 0 Å². The third-order valence-electron chi connectivity index (χ3n) is 3.63. The van der Waals surface area contributed by atoms with E-state index >= 15 is 0 Å². The highest BCUT2D eigenvalue weighted by atomic mass is 32.2. The summed E-state index contributed by atoms with van der Waals surface area (Å²) in [5, 5.41) is 0. The van der Waals surface area contributed by atoms with Crippen molar-refractivity contribution in [1.29, 1.82) is 0 Å². The molecule has 1 heterocycles. The lowest BCUT2D eigenvalue weighted by Crippen LogP contribution is -2.35. The Balaban J connectivity index is 0.000000621. The smallest absolute Gasteiger partial charge is 0.261 e. The molecule has 1 saturated heterocycles. The average Bonchev–Trinajstić information content (AvgIpc) is 2.34. The van der Waals surface area contributed by atoms with E-state index in [1.807, 2.05) is 0 Å². The monoisotopic (exact) mass is 307 g/mol. The van der Waals surface area contributed by atoms with Crippen LogP contribution in [0.5, 0.6) is 0 Å². The normalized spacial score (nSPS) is 20.3. The molecule has 0 aliphatic carbocycles. The van der Waals surface area contributed by atoms with Crippen LogP contribution in [0.4, 0.5) is 0 Å². The maximum atomic E-state index is 9.19. The van der Waals surface area contributed by atoms with Gasteiger partial charge in [-0.1, -0.05) is 39.5 Å². The van der Waals surface area contributed by atoms with Gasteiger partial charge in [0.05, 0.1) is 6.26 Å². The first kappa shape index (κ1) is 19.9. The van der Waals surface area contributed by atoms with E-state index in [2.05, 4.69) is 18.7 Å². The summed E-state index contributed by atoms with van der Waals surface area (Å²) in [6.45, 7) is 8.73. The summed E-state index contributed by atoms with van der Waals surface area (Å²) >= 11 is 0. The van der Waals surface area contributed by atoms with Crippen molar-refractivity contribution < 1.29 is 13.0 Å². The molecule has 0 radical (unpaired) electrons. The van der Waals surface area contributed by atoms with E-state index in [1.165, 1.54) is 71.0 Å². The first-order valence-corrected chi connectivity index (χ1v) is 9.86. The number of nitrogens with zero attached hydrogens (tertiary/aromatic N) is 1. The van der Waals surface area contributed by atoms with E-state index in [-0.39, 0.29) is 0 Å². The van der Waals surface area contributed by atoms with Gasteiger partial charge in [-0.3, -0.25) is 4.55 Å². The van der Waals surface area contributed by atoms with E-state index in [1.54, 1.807) is 0 Å². The van der Waals surface area contributed by atoms with Crippen molar-refractivity contribution in [2.24, 2.45) is 5.92 Å². The van der Waals surface area contributed by atoms with Crippen LogP contribution in [0.3, 0.4) is 0 Å². The summed E-state index contributed by atoms with van der Waals surface area (Å²) in [7, 11) is -3.67. The fourth-order valence-electron chi connectivity index (χ4n) is 2.76. The molecule has 0 aromatic heterocycles. The van der Waals surface area contributed by atoms with Crippen molar-refractivity contribution in [2.45, 2.75) is 65.2 Å². The molecule has 1 N–H and O–H groups in total. The number of rotatable bonds is 7. The second-order valence-corrected chi connectivity index (χ2v) is 7.36. The average molecular weight is 308 g/mol. The van der Waals surface area contributed by atoms with Gasteiger partial charge in [0.1, 0.15) is 0 Å². The second kappa shape index (κ2) is 11.5. The SMILES string of the molecule is CCCCCCN1CCCC(CCC)C1.CS(=O)(=O)O. The Bertz CT molecular complexity index is 307. The fraction of sp³-hybridized carbons (Fsp3) is 1.00. The lowest BCUT2D eigenvalue weighted by molar-refractivity contribution is 0.165. The number of likely N-dealkylation sites (tertiary alicyclic amines) is 1. The Morgan fingerprint density at radius 3 is 2.35 bits per heavy atom. The second-order valence-electron chi connectivity index (χ2n) is 5.89. The molecule has 0 amide bonds. The predicted octanol–water partition coefficient (Wildman–Crippen LogP) is 3.58. The summed E-state index contributed by atoms with van der Waals surface area (Å²) in [5.41, 5.74) is 0. The van der Waals surface area contributed by atoms with Crippen LogP contribution in [0, 0.1) is 5.92 Å². The molecule has 1 atom stereocenters. The molecule has 1 aliphatic rings. The summed E-state index contributed by atoms with van der Waals surface area (Å²) in [5.74, 6) is 1.01. The molecule has 0 aromatic carbocycles. The molecule has 4 nitrogen and oxygen atoms in total. The molecule has 1 rings (SSSR count). The Morgan fingerprint density at radius 2 is 1.80 bits per heavy atom. The van der Waals surface area contributed by atoms with Crippen LogP contribution in [0.1, 0.15) is 65.2 Å². The summed E-state index contributed by atoms with van der Waals surface area (Å²) in [4.78, 5) is 2.71. The van der Waals surface area contributed by atoms with E-state index in [0.717, 1.165) is 5.92 Å². The molecule has 0 saturated carbocycles.